The monoisotopic (exact) mass is 437 g/mol. The Hall–Kier alpha value is -3.78. The number of nitrogens with zero attached hydrogens (tertiary/aromatic N) is 3. The summed E-state index contributed by atoms with van der Waals surface area (Å²) in [5.41, 5.74) is 1.70. The van der Waals surface area contributed by atoms with Crippen molar-refractivity contribution < 1.29 is 9.59 Å². The minimum atomic E-state index is -0.409. The molecule has 0 saturated carbocycles. The lowest BCUT2D eigenvalue weighted by Gasteiger charge is -2.28. The Morgan fingerprint density at radius 1 is 0.774 bits per heavy atom. The van der Waals surface area contributed by atoms with Crippen LogP contribution < -0.4 is 16.2 Å². The Morgan fingerprint density at radius 3 is 1.87 bits per heavy atom. The highest BCUT2D eigenvalue weighted by molar-refractivity contribution is 6.30. The predicted molar refractivity (Wildman–Crippen MR) is 120 cm³/mol. The summed E-state index contributed by atoms with van der Waals surface area (Å²) in [4.78, 5) is 37.3. The van der Waals surface area contributed by atoms with Crippen LogP contribution in [-0.2, 0) is 0 Å². The molecular weight excluding hydrogens is 418 g/mol. The molecule has 3 aromatic rings. The number of nitrogens with one attached hydrogen (secondary N) is 2. The molecule has 0 spiro atoms. The number of benzene rings is 2. The van der Waals surface area contributed by atoms with E-state index >= 15 is 0 Å². The summed E-state index contributed by atoms with van der Waals surface area (Å²) in [5.74, 6) is 0. The molecule has 4 rings (SSSR count). The van der Waals surface area contributed by atoms with Gasteiger partial charge in [0.25, 0.3) is 5.56 Å². The molecule has 31 heavy (non-hydrogen) atoms. The molecule has 1 aliphatic heterocycles. The second-order valence-corrected chi connectivity index (χ2v) is 7.36. The van der Waals surface area contributed by atoms with E-state index in [1.165, 1.54) is 20.7 Å². The largest absolute Gasteiger partial charge is 0.340 e. The highest BCUT2D eigenvalue weighted by atomic mass is 35.5. The summed E-state index contributed by atoms with van der Waals surface area (Å²) in [6, 6.07) is 17.8. The van der Waals surface area contributed by atoms with Gasteiger partial charge in [0.15, 0.2) is 0 Å². The van der Waals surface area contributed by atoms with Crippen LogP contribution in [-0.4, -0.2) is 39.7 Å². The van der Waals surface area contributed by atoms with Crippen molar-refractivity contribution in [2.75, 3.05) is 23.7 Å². The Labute approximate surface area is 183 Å². The predicted octanol–water partition coefficient (Wildman–Crippen LogP) is 4.18. The Kier molecular flexibility index (Phi) is 5.90. The van der Waals surface area contributed by atoms with Crippen molar-refractivity contribution in [3.8, 4) is 5.69 Å². The van der Waals surface area contributed by atoms with Crippen LogP contribution in [0, 0.1) is 0 Å². The van der Waals surface area contributed by atoms with Gasteiger partial charge in [-0.25, -0.2) is 19.6 Å². The van der Waals surface area contributed by atoms with Crippen LogP contribution in [0.3, 0.4) is 0 Å². The summed E-state index contributed by atoms with van der Waals surface area (Å²) in [6.45, 7) is 0.861. The van der Waals surface area contributed by atoms with E-state index in [0.717, 1.165) is 0 Å². The van der Waals surface area contributed by atoms with E-state index < -0.39 is 12.1 Å². The molecule has 4 amide bonds. The van der Waals surface area contributed by atoms with E-state index in [4.69, 9.17) is 11.6 Å². The first-order chi connectivity index (χ1) is 15.0. The normalized spacial score (nSPS) is 13.2. The number of pyridine rings is 1. The van der Waals surface area contributed by atoms with E-state index in [9.17, 15) is 14.4 Å². The van der Waals surface area contributed by atoms with Crippen LogP contribution in [0.25, 0.3) is 5.69 Å². The molecule has 1 saturated heterocycles. The molecule has 9 heteroatoms. The van der Waals surface area contributed by atoms with Gasteiger partial charge in [-0.1, -0.05) is 17.7 Å². The van der Waals surface area contributed by atoms with Crippen LogP contribution in [0.2, 0.25) is 5.02 Å². The fraction of sp³-hybridized carbons (Fsp3) is 0.136. The zero-order chi connectivity index (χ0) is 21.8. The van der Waals surface area contributed by atoms with Crippen LogP contribution >= 0.6 is 11.6 Å². The minimum Gasteiger partial charge on any atom is -0.306 e. The lowest BCUT2D eigenvalue weighted by molar-refractivity contribution is 0.103. The van der Waals surface area contributed by atoms with Crippen molar-refractivity contribution in [3.05, 3.63) is 88.3 Å². The molecule has 2 aromatic carbocycles. The molecule has 8 nitrogen and oxygen atoms in total. The van der Waals surface area contributed by atoms with Crippen molar-refractivity contribution in [1.29, 1.82) is 0 Å². The first kappa shape index (κ1) is 20.5. The number of hydrogen-bond donors (Lipinski definition) is 2. The van der Waals surface area contributed by atoms with Gasteiger partial charge >= 0.3 is 12.1 Å². The van der Waals surface area contributed by atoms with Gasteiger partial charge in [-0.05, 0) is 61.0 Å². The number of halogens is 1. The number of carbonyl (C=O) groups is 2. The van der Waals surface area contributed by atoms with E-state index in [-0.39, 0.29) is 5.56 Å². The van der Waals surface area contributed by atoms with Crippen molar-refractivity contribution in [3.63, 3.8) is 0 Å². The Morgan fingerprint density at radius 2 is 1.32 bits per heavy atom. The molecule has 0 atom stereocenters. The van der Waals surface area contributed by atoms with Gasteiger partial charge in [0, 0.05) is 47.4 Å². The topological polar surface area (TPSA) is 86.7 Å². The van der Waals surface area contributed by atoms with E-state index in [2.05, 4.69) is 10.6 Å². The lowest BCUT2D eigenvalue weighted by atomic mass is 10.2. The van der Waals surface area contributed by atoms with Crippen LogP contribution in [0.4, 0.5) is 21.0 Å². The van der Waals surface area contributed by atoms with Gasteiger partial charge in [0.05, 0.1) is 0 Å². The summed E-state index contributed by atoms with van der Waals surface area (Å²) < 4.78 is 1.51. The zero-order valence-electron chi connectivity index (χ0n) is 16.5. The smallest absolute Gasteiger partial charge is 0.306 e. The van der Waals surface area contributed by atoms with Gasteiger partial charge < -0.3 is 10.6 Å². The average Bonchev–Trinajstić information content (AvgIpc) is 3.27. The summed E-state index contributed by atoms with van der Waals surface area (Å²) >= 11 is 5.87. The van der Waals surface area contributed by atoms with Crippen LogP contribution in [0.1, 0.15) is 6.42 Å². The number of hydrazine groups is 1. The molecule has 2 heterocycles. The van der Waals surface area contributed by atoms with Crippen LogP contribution in [0.5, 0.6) is 0 Å². The third-order valence-corrected chi connectivity index (χ3v) is 5.07. The van der Waals surface area contributed by atoms with Gasteiger partial charge in [0.2, 0.25) is 0 Å². The maximum atomic E-state index is 12.8. The number of hydrogen-bond acceptors (Lipinski definition) is 3. The summed E-state index contributed by atoms with van der Waals surface area (Å²) in [7, 11) is 0. The Bertz CT molecular complexity index is 1140. The average molecular weight is 438 g/mol. The molecule has 1 fully saturated rings. The quantitative estimate of drug-likeness (QED) is 0.644. The number of anilines is 2. The van der Waals surface area contributed by atoms with Crippen LogP contribution in [0.15, 0.2) is 77.7 Å². The molecule has 2 N–H and O–H groups in total. The SMILES string of the molecule is O=C(Nc1ccc(Cl)cc1)N1CCCN1C(=O)Nc1ccc(-n2ccccc2=O)cc1. The number of aromatic nitrogens is 1. The first-order valence-electron chi connectivity index (χ1n) is 9.72. The van der Waals surface area contributed by atoms with Crippen molar-refractivity contribution >= 4 is 35.0 Å². The number of carbonyl (C=O) groups excluding carboxylic acids is 2. The highest BCUT2D eigenvalue weighted by Crippen LogP contribution is 2.18. The Balaban J connectivity index is 1.41. The van der Waals surface area contributed by atoms with Gasteiger partial charge in [-0.3, -0.25) is 9.36 Å². The number of amides is 4. The molecule has 0 unspecified atom stereocenters. The molecule has 0 bridgehead atoms. The van der Waals surface area contributed by atoms with E-state index in [1.807, 2.05) is 0 Å². The van der Waals surface area contributed by atoms with Gasteiger partial charge in [-0.2, -0.15) is 0 Å². The summed E-state index contributed by atoms with van der Waals surface area (Å²) in [6.07, 6.45) is 2.36. The third kappa shape index (κ3) is 4.70. The fourth-order valence-corrected chi connectivity index (χ4v) is 3.42. The summed E-state index contributed by atoms with van der Waals surface area (Å²) in [5, 5.41) is 8.88. The fourth-order valence-electron chi connectivity index (χ4n) is 3.29. The minimum absolute atomic E-state index is 0.140. The standard InChI is InChI=1S/C22H20ClN5O3/c23-16-5-7-17(8-6-16)24-21(30)27-14-3-15-28(27)22(31)25-18-9-11-19(12-10-18)26-13-2-1-4-20(26)29/h1-2,4-13H,3,14-15H2,(H,24,30)(H,25,31). The second kappa shape index (κ2) is 8.93. The highest BCUT2D eigenvalue weighted by Gasteiger charge is 2.30. The van der Waals surface area contributed by atoms with Crippen molar-refractivity contribution in [2.45, 2.75) is 6.42 Å². The van der Waals surface area contributed by atoms with Crippen molar-refractivity contribution in [2.24, 2.45) is 0 Å². The molecular formula is C22H20ClN5O3. The molecule has 0 radical (unpaired) electrons. The number of urea groups is 2. The lowest BCUT2D eigenvalue weighted by Crippen LogP contribution is -2.48. The molecule has 1 aromatic heterocycles. The third-order valence-electron chi connectivity index (χ3n) is 4.81. The maximum Gasteiger partial charge on any atom is 0.340 e. The van der Waals surface area contributed by atoms with E-state index in [1.54, 1.807) is 66.9 Å². The second-order valence-electron chi connectivity index (χ2n) is 6.92. The van der Waals surface area contributed by atoms with Crippen molar-refractivity contribution in [1.82, 2.24) is 14.6 Å². The molecule has 158 valence electrons. The molecule has 1 aliphatic rings. The van der Waals surface area contributed by atoms with Gasteiger partial charge in [-0.15, -0.1) is 0 Å². The molecule has 0 aliphatic carbocycles. The first-order valence-corrected chi connectivity index (χ1v) is 10.1. The maximum absolute atomic E-state index is 12.8. The number of rotatable bonds is 3. The van der Waals surface area contributed by atoms with Gasteiger partial charge in [0.1, 0.15) is 0 Å². The van der Waals surface area contributed by atoms with E-state index in [0.29, 0.717) is 41.6 Å². The zero-order valence-corrected chi connectivity index (χ0v) is 17.2.